The number of nitro benzene ring substituents is 1. The standard InChI is InChI=1S/C10H9N3O5/c14-9(15)5-6-11-10(16)12-7-1-3-8(4-2-7)13(17)18/h1-6H,(H,14,15)(H2,11,12,16). The first-order chi connectivity index (χ1) is 8.49. The fourth-order valence-corrected chi connectivity index (χ4v) is 1.02. The van der Waals surface area contributed by atoms with Crippen LogP contribution in [0.5, 0.6) is 0 Å². The third-order valence-corrected chi connectivity index (χ3v) is 1.78. The van der Waals surface area contributed by atoms with Gasteiger partial charge in [0.05, 0.1) is 4.92 Å². The van der Waals surface area contributed by atoms with Crippen molar-refractivity contribution >= 4 is 23.4 Å². The maximum absolute atomic E-state index is 11.2. The molecular formula is C10H9N3O5. The number of carboxylic acid groups (broad SMARTS) is 1. The van der Waals surface area contributed by atoms with Gasteiger partial charge in [0.2, 0.25) is 0 Å². The lowest BCUT2D eigenvalue weighted by molar-refractivity contribution is -0.384. The minimum Gasteiger partial charge on any atom is -0.478 e. The van der Waals surface area contributed by atoms with Gasteiger partial charge in [0.1, 0.15) is 0 Å². The second-order valence-corrected chi connectivity index (χ2v) is 3.07. The molecule has 3 N–H and O–H groups in total. The molecule has 18 heavy (non-hydrogen) atoms. The van der Waals surface area contributed by atoms with Crippen LogP contribution in [-0.2, 0) is 4.79 Å². The van der Waals surface area contributed by atoms with Crippen molar-refractivity contribution in [2.75, 3.05) is 5.32 Å². The topological polar surface area (TPSA) is 122 Å². The third-order valence-electron chi connectivity index (χ3n) is 1.78. The number of amides is 2. The third kappa shape index (κ3) is 4.31. The van der Waals surface area contributed by atoms with Gasteiger partial charge >= 0.3 is 12.0 Å². The van der Waals surface area contributed by atoms with Gasteiger partial charge in [0, 0.05) is 30.1 Å². The molecule has 0 saturated carbocycles. The van der Waals surface area contributed by atoms with Gasteiger partial charge in [0.15, 0.2) is 0 Å². The number of non-ortho nitro benzene ring substituents is 1. The Morgan fingerprint density at radius 1 is 1.28 bits per heavy atom. The van der Waals surface area contributed by atoms with E-state index in [2.05, 4.69) is 10.6 Å². The Bertz CT molecular complexity index is 495. The molecule has 8 nitrogen and oxygen atoms in total. The van der Waals surface area contributed by atoms with E-state index in [1.54, 1.807) is 0 Å². The van der Waals surface area contributed by atoms with Crippen LogP contribution in [0.25, 0.3) is 0 Å². The summed E-state index contributed by atoms with van der Waals surface area (Å²) < 4.78 is 0. The molecule has 0 atom stereocenters. The molecule has 0 spiro atoms. The lowest BCUT2D eigenvalue weighted by atomic mass is 10.3. The molecule has 0 fully saturated rings. The molecule has 1 aromatic rings. The number of nitrogens with one attached hydrogen (secondary N) is 2. The van der Waals surface area contributed by atoms with Crippen molar-refractivity contribution in [3.05, 3.63) is 46.7 Å². The average Bonchev–Trinajstić information content (AvgIpc) is 2.29. The smallest absolute Gasteiger partial charge is 0.329 e. The van der Waals surface area contributed by atoms with Crippen LogP contribution in [-0.4, -0.2) is 22.0 Å². The summed E-state index contributed by atoms with van der Waals surface area (Å²) in [5.41, 5.74) is 0.258. The Labute approximate surface area is 101 Å². The normalized spacial score (nSPS) is 10.0. The summed E-state index contributed by atoms with van der Waals surface area (Å²) in [4.78, 5) is 31.2. The van der Waals surface area contributed by atoms with Gasteiger partial charge in [-0.05, 0) is 12.1 Å². The van der Waals surface area contributed by atoms with E-state index in [1.165, 1.54) is 24.3 Å². The summed E-state index contributed by atoms with van der Waals surface area (Å²) >= 11 is 0. The minimum absolute atomic E-state index is 0.0910. The minimum atomic E-state index is -1.19. The second kappa shape index (κ2) is 5.99. The molecule has 0 aliphatic carbocycles. The van der Waals surface area contributed by atoms with E-state index in [-0.39, 0.29) is 5.69 Å². The van der Waals surface area contributed by atoms with Gasteiger partial charge < -0.3 is 15.7 Å². The maximum atomic E-state index is 11.2. The molecule has 94 valence electrons. The van der Waals surface area contributed by atoms with Gasteiger partial charge in [-0.3, -0.25) is 10.1 Å². The van der Waals surface area contributed by atoms with Crippen LogP contribution in [0, 0.1) is 10.1 Å². The van der Waals surface area contributed by atoms with Crippen LogP contribution in [0.4, 0.5) is 16.2 Å². The summed E-state index contributed by atoms with van der Waals surface area (Å²) in [5, 5.41) is 23.2. The van der Waals surface area contributed by atoms with Gasteiger partial charge in [0.25, 0.3) is 5.69 Å². The zero-order valence-electron chi connectivity index (χ0n) is 8.99. The van der Waals surface area contributed by atoms with Gasteiger partial charge in [-0.2, -0.15) is 0 Å². The van der Waals surface area contributed by atoms with Crippen LogP contribution in [0.15, 0.2) is 36.5 Å². The fraction of sp³-hybridized carbons (Fsp3) is 0. The van der Waals surface area contributed by atoms with Crippen LogP contribution < -0.4 is 10.6 Å². The predicted molar refractivity (Wildman–Crippen MR) is 62.0 cm³/mol. The second-order valence-electron chi connectivity index (χ2n) is 3.07. The van der Waals surface area contributed by atoms with E-state index in [0.717, 1.165) is 12.3 Å². The van der Waals surface area contributed by atoms with Crippen molar-refractivity contribution in [1.29, 1.82) is 0 Å². The molecule has 0 heterocycles. The van der Waals surface area contributed by atoms with E-state index >= 15 is 0 Å². The fourth-order valence-electron chi connectivity index (χ4n) is 1.02. The number of carbonyl (C=O) groups is 2. The molecule has 2 amide bonds. The molecule has 0 aromatic heterocycles. The molecule has 0 aliphatic rings. The van der Waals surface area contributed by atoms with Crippen molar-refractivity contribution in [2.45, 2.75) is 0 Å². The number of hydrogen-bond acceptors (Lipinski definition) is 4. The number of carbonyl (C=O) groups excluding carboxylic acids is 1. The van der Waals surface area contributed by atoms with Crippen molar-refractivity contribution in [2.24, 2.45) is 0 Å². The lowest BCUT2D eigenvalue weighted by Gasteiger charge is -2.03. The molecule has 0 saturated heterocycles. The van der Waals surface area contributed by atoms with E-state index in [4.69, 9.17) is 5.11 Å². The molecule has 1 aromatic carbocycles. The van der Waals surface area contributed by atoms with Gasteiger partial charge in [-0.15, -0.1) is 0 Å². The largest absolute Gasteiger partial charge is 0.478 e. The summed E-state index contributed by atoms with van der Waals surface area (Å²) in [6.45, 7) is 0. The van der Waals surface area contributed by atoms with Crippen molar-refractivity contribution in [3.8, 4) is 0 Å². The summed E-state index contributed by atoms with van der Waals surface area (Å²) in [5.74, 6) is -1.19. The molecule has 0 aliphatic heterocycles. The number of anilines is 1. The van der Waals surface area contributed by atoms with Crippen molar-refractivity contribution in [3.63, 3.8) is 0 Å². The quantitative estimate of drug-likeness (QED) is 0.423. The predicted octanol–water partition coefficient (Wildman–Crippen LogP) is 1.31. The number of hydrogen-bond donors (Lipinski definition) is 3. The lowest BCUT2D eigenvalue weighted by Crippen LogP contribution is -2.24. The number of carboxylic acids is 1. The Kier molecular flexibility index (Phi) is 4.38. The monoisotopic (exact) mass is 251 g/mol. The number of nitrogens with zero attached hydrogens (tertiary/aromatic N) is 1. The Balaban J connectivity index is 2.54. The highest BCUT2D eigenvalue weighted by Crippen LogP contribution is 2.14. The number of aliphatic carboxylic acids is 1. The van der Waals surface area contributed by atoms with Crippen LogP contribution in [0.3, 0.4) is 0 Å². The highest BCUT2D eigenvalue weighted by atomic mass is 16.6. The zero-order chi connectivity index (χ0) is 13.5. The van der Waals surface area contributed by atoms with Gasteiger partial charge in [-0.1, -0.05) is 0 Å². The molecule has 0 radical (unpaired) electrons. The Hall–Kier alpha value is -2.90. The maximum Gasteiger partial charge on any atom is 0.329 e. The van der Waals surface area contributed by atoms with Crippen molar-refractivity contribution in [1.82, 2.24) is 5.32 Å². The first-order valence-electron chi connectivity index (χ1n) is 4.70. The van der Waals surface area contributed by atoms with Crippen molar-refractivity contribution < 1.29 is 19.6 Å². The first-order valence-corrected chi connectivity index (χ1v) is 4.70. The molecule has 1 rings (SSSR count). The van der Waals surface area contributed by atoms with E-state index < -0.39 is 16.9 Å². The highest BCUT2D eigenvalue weighted by molar-refractivity contribution is 5.90. The number of urea groups is 1. The van der Waals surface area contributed by atoms with Crippen LogP contribution >= 0.6 is 0 Å². The van der Waals surface area contributed by atoms with Crippen LogP contribution in [0.1, 0.15) is 0 Å². The summed E-state index contributed by atoms with van der Waals surface area (Å²) in [6.07, 6.45) is 1.72. The SMILES string of the molecule is O=C(O)C=CNC(=O)Nc1ccc([N+](=O)[O-])cc1. The molecule has 0 bridgehead atoms. The Morgan fingerprint density at radius 2 is 1.89 bits per heavy atom. The number of rotatable bonds is 4. The average molecular weight is 251 g/mol. The zero-order valence-corrected chi connectivity index (χ0v) is 8.99. The summed E-state index contributed by atoms with van der Waals surface area (Å²) in [7, 11) is 0. The van der Waals surface area contributed by atoms with Gasteiger partial charge in [-0.25, -0.2) is 9.59 Å². The number of benzene rings is 1. The summed E-state index contributed by atoms with van der Waals surface area (Å²) in [6, 6.07) is 4.55. The molecule has 0 unspecified atom stereocenters. The highest BCUT2D eigenvalue weighted by Gasteiger charge is 2.05. The molecule has 8 heteroatoms. The molecular weight excluding hydrogens is 242 g/mol. The Morgan fingerprint density at radius 3 is 2.39 bits per heavy atom. The van der Waals surface area contributed by atoms with Crippen LogP contribution in [0.2, 0.25) is 0 Å². The first kappa shape index (κ1) is 13.2. The van der Waals surface area contributed by atoms with E-state index in [9.17, 15) is 19.7 Å². The van der Waals surface area contributed by atoms with E-state index in [1.807, 2.05) is 0 Å². The number of nitro groups is 1. The van der Waals surface area contributed by atoms with E-state index in [0.29, 0.717) is 5.69 Å².